The number of hydrogen-bond acceptors (Lipinski definition) is 7. The van der Waals surface area contributed by atoms with E-state index in [9.17, 15) is 14.7 Å². The molecule has 8 nitrogen and oxygen atoms in total. The van der Waals surface area contributed by atoms with Crippen LogP contribution in [0.15, 0.2) is 78.2 Å². The molecule has 4 aromatic rings. The molecule has 0 spiro atoms. The summed E-state index contributed by atoms with van der Waals surface area (Å²) in [4.78, 5) is 35.7. The molecule has 1 saturated heterocycles. The number of amides is 1. The molecule has 0 radical (unpaired) electrons. The smallest absolute Gasteiger partial charge is 0.335 e. The van der Waals surface area contributed by atoms with E-state index in [-0.39, 0.29) is 17.5 Å². The van der Waals surface area contributed by atoms with Crippen molar-refractivity contribution in [3.63, 3.8) is 0 Å². The van der Waals surface area contributed by atoms with Crippen molar-refractivity contribution in [3.05, 3.63) is 89.3 Å². The van der Waals surface area contributed by atoms with Crippen molar-refractivity contribution >= 4 is 45.4 Å². The van der Waals surface area contributed by atoms with Crippen LogP contribution in [0.3, 0.4) is 0 Å². The highest BCUT2D eigenvalue weighted by Gasteiger charge is 2.19. The molecule has 3 aromatic carbocycles. The van der Waals surface area contributed by atoms with Crippen LogP contribution in [-0.4, -0.2) is 66.1 Å². The van der Waals surface area contributed by atoms with Crippen LogP contribution in [0.2, 0.25) is 0 Å². The van der Waals surface area contributed by atoms with Crippen molar-refractivity contribution < 1.29 is 14.7 Å². The predicted molar refractivity (Wildman–Crippen MR) is 174 cm³/mol. The maximum atomic E-state index is 12.9. The SMILES string of the molecule is CC.CC(C)N(c1ccc(C(=O)O)cc1)c1nc(-c2ccc(NC(=O)c3ccc(N4CCN(C)CC4)cc3)cc2)cs1. The molecule has 1 aliphatic heterocycles. The van der Waals surface area contributed by atoms with Gasteiger partial charge in [-0.25, -0.2) is 9.78 Å². The average molecular weight is 586 g/mol. The summed E-state index contributed by atoms with van der Waals surface area (Å²) in [6.45, 7) is 12.2. The molecule has 0 aliphatic carbocycles. The zero-order valence-electron chi connectivity index (χ0n) is 24.9. The van der Waals surface area contributed by atoms with Crippen LogP contribution in [0.1, 0.15) is 48.4 Å². The Bertz CT molecular complexity index is 1460. The van der Waals surface area contributed by atoms with Gasteiger partial charge >= 0.3 is 5.97 Å². The molecule has 1 aliphatic rings. The lowest BCUT2D eigenvalue weighted by atomic mass is 10.1. The standard InChI is InChI=1S/C31H33N5O3S.C2H6/c1-21(2)36(27-14-8-24(9-15-27)30(38)39)31-33-28(20-40-31)22-4-10-25(11-5-22)32-29(37)23-6-12-26(13-7-23)35-18-16-34(3)17-19-35;1-2/h4-15,20-21H,16-19H2,1-3H3,(H,32,37)(H,38,39);1-2H3. The number of carboxylic acids is 1. The quantitative estimate of drug-likeness (QED) is 0.228. The topological polar surface area (TPSA) is 89.0 Å². The van der Waals surface area contributed by atoms with Gasteiger partial charge in [0.2, 0.25) is 0 Å². The molecule has 0 bridgehead atoms. The van der Waals surface area contributed by atoms with Gasteiger partial charge in [0.05, 0.1) is 11.3 Å². The summed E-state index contributed by atoms with van der Waals surface area (Å²) < 4.78 is 0. The monoisotopic (exact) mass is 585 g/mol. The highest BCUT2D eigenvalue weighted by Crippen LogP contribution is 2.34. The van der Waals surface area contributed by atoms with E-state index in [0.717, 1.165) is 59.6 Å². The first-order chi connectivity index (χ1) is 20.3. The van der Waals surface area contributed by atoms with Crippen molar-refractivity contribution in [2.75, 3.05) is 48.3 Å². The van der Waals surface area contributed by atoms with Gasteiger partial charge in [-0.15, -0.1) is 11.3 Å². The summed E-state index contributed by atoms with van der Waals surface area (Å²) in [6.07, 6.45) is 0. The summed E-state index contributed by atoms with van der Waals surface area (Å²) >= 11 is 1.53. The number of aromatic nitrogens is 1. The molecule has 2 heterocycles. The zero-order valence-corrected chi connectivity index (χ0v) is 25.7. The van der Waals surface area contributed by atoms with Gasteiger partial charge in [-0.2, -0.15) is 0 Å². The van der Waals surface area contributed by atoms with E-state index in [1.54, 1.807) is 12.1 Å². The number of hydrogen-bond donors (Lipinski definition) is 2. The number of carbonyl (C=O) groups excluding carboxylic acids is 1. The van der Waals surface area contributed by atoms with Crippen LogP contribution < -0.4 is 15.1 Å². The van der Waals surface area contributed by atoms with E-state index >= 15 is 0 Å². The van der Waals surface area contributed by atoms with Crippen molar-refractivity contribution in [1.29, 1.82) is 0 Å². The number of carbonyl (C=O) groups is 2. The largest absolute Gasteiger partial charge is 0.478 e. The summed E-state index contributed by atoms with van der Waals surface area (Å²) in [5.74, 6) is -1.09. The number of benzene rings is 3. The lowest BCUT2D eigenvalue weighted by Gasteiger charge is -2.34. The van der Waals surface area contributed by atoms with Crippen LogP contribution in [0.25, 0.3) is 11.3 Å². The maximum Gasteiger partial charge on any atom is 0.335 e. The van der Waals surface area contributed by atoms with Gasteiger partial charge in [0, 0.05) is 65.8 Å². The van der Waals surface area contributed by atoms with E-state index in [0.29, 0.717) is 5.56 Å². The average Bonchev–Trinajstić information content (AvgIpc) is 3.49. The lowest BCUT2D eigenvalue weighted by Crippen LogP contribution is -2.44. The lowest BCUT2D eigenvalue weighted by molar-refractivity contribution is 0.0696. The van der Waals surface area contributed by atoms with Crippen molar-refractivity contribution in [2.45, 2.75) is 33.7 Å². The highest BCUT2D eigenvalue weighted by atomic mass is 32.1. The molecule has 220 valence electrons. The molecule has 2 N–H and O–H groups in total. The van der Waals surface area contributed by atoms with Gasteiger partial charge < -0.3 is 25.1 Å². The van der Waals surface area contributed by atoms with Crippen LogP contribution >= 0.6 is 11.3 Å². The van der Waals surface area contributed by atoms with Gasteiger partial charge in [-0.3, -0.25) is 4.79 Å². The van der Waals surface area contributed by atoms with Crippen LogP contribution in [-0.2, 0) is 0 Å². The first kappa shape index (κ1) is 30.7. The number of likely N-dealkylation sites (N-methyl/N-ethyl adjacent to an activating group) is 1. The Kier molecular flexibility index (Phi) is 10.3. The third-order valence-electron chi connectivity index (χ3n) is 7.04. The molecule has 1 amide bonds. The molecule has 1 aromatic heterocycles. The van der Waals surface area contributed by atoms with E-state index in [2.05, 4.69) is 40.9 Å². The summed E-state index contributed by atoms with van der Waals surface area (Å²) in [5.41, 5.74) is 5.40. The molecule has 0 saturated carbocycles. The Morgan fingerprint density at radius 2 is 1.48 bits per heavy atom. The van der Waals surface area contributed by atoms with Crippen LogP contribution in [0, 0.1) is 0 Å². The molecule has 0 unspecified atom stereocenters. The van der Waals surface area contributed by atoms with E-state index in [4.69, 9.17) is 4.98 Å². The number of nitrogens with one attached hydrogen (secondary N) is 1. The number of anilines is 4. The Labute approximate surface area is 252 Å². The fraction of sp³-hybridized carbons (Fsp3) is 0.303. The summed E-state index contributed by atoms with van der Waals surface area (Å²) in [5, 5.41) is 15.0. The third-order valence-corrected chi connectivity index (χ3v) is 7.88. The molecule has 0 atom stereocenters. The molecule has 9 heteroatoms. The van der Waals surface area contributed by atoms with Crippen molar-refractivity contribution in [3.8, 4) is 11.3 Å². The van der Waals surface area contributed by atoms with E-state index < -0.39 is 5.97 Å². The first-order valence-corrected chi connectivity index (χ1v) is 15.2. The van der Waals surface area contributed by atoms with Gasteiger partial charge in [0.15, 0.2) is 5.13 Å². The maximum absolute atomic E-state index is 12.9. The van der Waals surface area contributed by atoms with Crippen molar-refractivity contribution in [2.24, 2.45) is 0 Å². The number of aromatic carboxylic acids is 1. The second kappa shape index (κ2) is 14.1. The second-order valence-corrected chi connectivity index (χ2v) is 11.0. The number of piperazine rings is 1. The zero-order chi connectivity index (χ0) is 30.2. The predicted octanol–water partition coefficient (Wildman–Crippen LogP) is 7.09. The van der Waals surface area contributed by atoms with E-state index in [1.807, 2.05) is 79.9 Å². The van der Waals surface area contributed by atoms with Gasteiger partial charge in [0.1, 0.15) is 0 Å². The molecule has 5 rings (SSSR count). The fourth-order valence-corrected chi connectivity index (χ4v) is 5.70. The number of nitrogens with zero attached hydrogens (tertiary/aromatic N) is 4. The normalized spacial score (nSPS) is 13.3. The Balaban J connectivity index is 0.00000198. The summed E-state index contributed by atoms with van der Waals surface area (Å²) in [6, 6.07) is 22.4. The molecule has 1 fully saturated rings. The second-order valence-electron chi connectivity index (χ2n) is 10.2. The van der Waals surface area contributed by atoms with Gasteiger partial charge in [-0.05, 0) is 81.6 Å². The Hall–Kier alpha value is -4.21. The van der Waals surface area contributed by atoms with E-state index in [1.165, 1.54) is 11.3 Å². The fourth-order valence-electron chi connectivity index (χ4n) is 4.72. The van der Waals surface area contributed by atoms with Gasteiger partial charge in [0.25, 0.3) is 5.91 Å². The molecule has 42 heavy (non-hydrogen) atoms. The number of rotatable bonds is 8. The molecular formula is C33H39N5O3S. The molecular weight excluding hydrogens is 546 g/mol. The van der Waals surface area contributed by atoms with Crippen LogP contribution in [0.5, 0.6) is 0 Å². The Morgan fingerprint density at radius 3 is 2.05 bits per heavy atom. The minimum absolute atomic E-state index is 0.128. The summed E-state index contributed by atoms with van der Waals surface area (Å²) in [7, 11) is 2.14. The minimum Gasteiger partial charge on any atom is -0.478 e. The Morgan fingerprint density at radius 1 is 0.881 bits per heavy atom. The third kappa shape index (κ3) is 7.35. The minimum atomic E-state index is -0.946. The highest BCUT2D eigenvalue weighted by molar-refractivity contribution is 7.14. The van der Waals surface area contributed by atoms with Gasteiger partial charge in [-0.1, -0.05) is 26.0 Å². The first-order valence-electron chi connectivity index (χ1n) is 14.3. The number of carboxylic acid groups (broad SMARTS) is 1. The number of thiazole rings is 1. The van der Waals surface area contributed by atoms with Crippen LogP contribution in [0.4, 0.5) is 22.2 Å². The van der Waals surface area contributed by atoms with Crippen molar-refractivity contribution in [1.82, 2.24) is 9.88 Å².